The fraction of sp³-hybridized carbons (Fsp3) is 0.474. The number of methoxy groups -OCH3 is 1. The number of aromatic hydroxyl groups is 1. The van der Waals surface area contributed by atoms with E-state index in [1.807, 2.05) is 0 Å². The summed E-state index contributed by atoms with van der Waals surface area (Å²) in [7, 11) is 1.52. The molecule has 2 bridgehead atoms. The summed E-state index contributed by atoms with van der Waals surface area (Å²) in [4.78, 5) is 0. The first-order valence-electron chi connectivity index (χ1n) is 8.79. The highest BCUT2D eigenvalue weighted by molar-refractivity contribution is 7.80. The second kappa shape index (κ2) is 6.67. The molecule has 1 aromatic rings. The Morgan fingerprint density at radius 3 is 3.08 bits per heavy atom. The molecule has 0 aromatic heterocycles. The number of rotatable bonds is 4. The first kappa shape index (κ1) is 16.4. The third kappa shape index (κ3) is 3.11. The van der Waals surface area contributed by atoms with Gasteiger partial charge in [0.25, 0.3) is 0 Å². The number of benzene rings is 1. The van der Waals surface area contributed by atoms with E-state index in [9.17, 15) is 5.11 Å². The minimum atomic E-state index is 0.111. The van der Waals surface area contributed by atoms with Crippen LogP contribution < -0.4 is 15.5 Å². The van der Waals surface area contributed by atoms with Crippen LogP contribution >= 0.6 is 12.2 Å². The smallest absolute Gasteiger partial charge is 0.187 e. The van der Waals surface area contributed by atoms with E-state index >= 15 is 0 Å². The Hall–Kier alpha value is -2.08. The third-order valence-corrected chi connectivity index (χ3v) is 6.12. The lowest BCUT2D eigenvalue weighted by Gasteiger charge is -2.32. The monoisotopic (exact) mass is 357 g/mol. The summed E-state index contributed by atoms with van der Waals surface area (Å²) in [5.41, 5.74) is 3.72. The minimum Gasteiger partial charge on any atom is -0.504 e. The number of phenols is 1. The first-order valence-corrected chi connectivity index (χ1v) is 9.20. The quantitative estimate of drug-likeness (QED) is 0.335. The van der Waals surface area contributed by atoms with Crippen LogP contribution in [0.4, 0.5) is 0 Å². The Bertz CT molecular complexity index is 733. The van der Waals surface area contributed by atoms with Crippen molar-refractivity contribution in [2.24, 2.45) is 28.8 Å². The van der Waals surface area contributed by atoms with E-state index in [1.165, 1.54) is 26.4 Å². The molecule has 0 aliphatic heterocycles. The topological polar surface area (TPSA) is 65.9 Å². The van der Waals surface area contributed by atoms with E-state index in [1.54, 1.807) is 24.4 Å². The molecule has 25 heavy (non-hydrogen) atoms. The largest absolute Gasteiger partial charge is 0.504 e. The average molecular weight is 357 g/mol. The van der Waals surface area contributed by atoms with Crippen LogP contribution in [0.2, 0.25) is 0 Å². The van der Waals surface area contributed by atoms with E-state index in [4.69, 9.17) is 17.0 Å². The first-order chi connectivity index (χ1) is 12.2. The van der Waals surface area contributed by atoms with Gasteiger partial charge in [-0.05, 0) is 78.9 Å². The molecular weight excluding hydrogens is 334 g/mol. The number of hydrazone groups is 1. The number of allylic oxidation sites excluding steroid dienone is 2. The third-order valence-electron chi connectivity index (χ3n) is 5.91. The van der Waals surface area contributed by atoms with Gasteiger partial charge in [0, 0.05) is 6.04 Å². The molecule has 0 unspecified atom stereocenters. The molecule has 6 heteroatoms. The van der Waals surface area contributed by atoms with E-state index in [0.717, 1.165) is 23.3 Å². The summed E-state index contributed by atoms with van der Waals surface area (Å²) in [5.74, 6) is 3.71. The van der Waals surface area contributed by atoms with Gasteiger partial charge in [-0.15, -0.1) is 0 Å². The van der Waals surface area contributed by atoms with Gasteiger partial charge in [0.05, 0.1) is 13.3 Å². The van der Waals surface area contributed by atoms with Crippen LogP contribution in [0, 0.1) is 23.7 Å². The molecule has 2 saturated carbocycles. The number of nitrogens with zero attached hydrogens (tertiary/aromatic N) is 1. The van der Waals surface area contributed by atoms with Crippen molar-refractivity contribution in [2.45, 2.75) is 25.3 Å². The van der Waals surface area contributed by atoms with Crippen molar-refractivity contribution in [1.82, 2.24) is 10.7 Å². The molecule has 1 aromatic carbocycles. The van der Waals surface area contributed by atoms with Crippen molar-refractivity contribution >= 4 is 23.5 Å². The van der Waals surface area contributed by atoms with Crippen LogP contribution in [-0.2, 0) is 0 Å². The highest BCUT2D eigenvalue weighted by Gasteiger charge is 2.52. The maximum absolute atomic E-state index is 9.60. The number of hydrogen-bond acceptors (Lipinski definition) is 4. The molecule has 0 amide bonds. The molecular formula is C19H23N3O2S. The van der Waals surface area contributed by atoms with Gasteiger partial charge in [-0.1, -0.05) is 12.2 Å². The van der Waals surface area contributed by atoms with Crippen molar-refractivity contribution in [3.8, 4) is 11.5 Å². The number of hydrogen-bond donors (Lipinski definition) is 3. The Balaban J connectivity index is 1.30. The molecule has 132 valence electrons. The van der Waals surface area contributed by atoms with Crippen LogP contribution in [0.25, 0.3) is 0 Å². The zero-order valence-electron chi connectivity index (χ0n) is 14.2. The standard InChI is InChI=1S/C19H23N3O2S/c1-24-18-7-11(5-6-17(18)23)10-20-22-19(25)21-16-9-12-8-15(16)14-4-2-3-13(12)14/h2,4-7,10,12-16,23H,3,8-9H2,1H3,(H2,21,22,25)/b20-10-/t12-,13-,14+,15-,16-/m1/s1. The van der Waals surface area contributed by atoms with E-state index in [0.29, 0.717) is 22.8 Å². The van der Waals surface area contributed by atoms with Gasteiger partial charge in [-0.3, -0.25) is 5.43 Å². The van der Waals surface area contributed by atoms with Crippen molar-refractivity contribution in [1.29, 1.82) is 0 Å². The summed E-state index contributed by atoms with van der Waals surface area (Å²) in [5, 5.41) is 17.8. The number of phenolic OH excluding ortho intramolecular Hbond substituents is 1. The van der Waals surface area contributed by atoms with Gasteiger partial charge in [-0.2, -0.15) is 5.10 Å². The lowest BCUT2D eigenvalue weighted by Crippen LogP contribution is -2.45. The Kier molecular flexibility index (Phi) is 4.37. The summed E-state index contributed by atoms with van der Waals surface area (Å²) < 4.78 is 5.09. The Morgan fingerprint density at radius 2 is 2.24 bits per heavy atom. The predicted molar refractivity (Wildman–Crippen MR) is 102 cm³/mol. The number of ether oxygens (including phenoxy) is 1. The highest BCUT2D eigenvalue weighted by Crippen LogP contribution is 2.56. The molecule has 0 saturated heterocycles. The SMILES string of the molecule is COc1cc(/C=N\NC(=S)N[C@@H]2C[C@H]3C[C@@H]2[C@H]2C=CC[C@H]32)ccc1O. The van der Waals surface area contributed by atoms with E-state index in [-0.39, 0.29) is 5.75 Å². The lowest BCUT2D eigenvalue weighted by atomic mass is 9.79. The minimum absolute atomic E-state index is 0.111. The number of nitrogens with one attached hydrogen (secondary N) is 2. The van der Waals surface area contributed by atoms with Crippen molar-refractivity contribution < 1.29 is 9.84 Å². The summed E-state index contributed by atoms with van der Waals surface area (Å²) in [6.45, 7) is 0. The van der Waals surface area contributed by atoms with Gasteiger partial charge >= 0.3 is 0 Å². The molecule has 5 nitrogen and oxygen atoms in total. The molecule has 2 fully saturated rings. The molecule has 3 aliphatic carbocycles. The molecule has 3 N–H and O–H groups in total. The molecule has 4 rings (SSSR count). The molecule has 0 spiro atoms. The second-order valence-electron chi connectivity index (χ2n) is 7.18. The molecule has 3 aliphatic rings. The van der Waals surface area contributed by atoms with Gasteiger partial charge in [0.2, 0.25) is 0 Å². The number of thiocarbonyl (C=S) groups is 1. The fourth-order valence-corrected chi connectivity index (χ4v) is 5.06. The summed E-state index contributed by atoms with van der Waals surface area (Å²) in [6, 6.07) is 5.52. The molecule has 0 heterocycles. The van der Waals surface area contributed by atoms with Crippen molar-refractivity contribution in [3.63, 3.8) is 0 Å². The summed E-state index contributed by atoms with van der Waals surface area (Å²) in [6.07, 6.45) is 10.2. The van der Waals surface area contributed by atoms with Gasteiger partial charge in [-0.25, -0.2) is 0 Å². The number of fused-ring (bicyclic) bond motifs is 5. The van der Waals surface area contributed by atoms with Crippen LogP contribution in [0.5, 0.6) is 11.5 Å². The van der Waals surface area contributed by atoms with Crippen LogP contribution in [0.1, 0.15) is 24.8 Å². The zero-order chi connectivity index (χ0) is 17.4. The fourth-order valence-electron chi connectivity index (χ4n) is 4.85. The molecule has 0 radical (unpaired) electrons. The predicted octanol–water partition coefficient (Wildman–Crippen LogP) is 2.80. The van der Waals surface area contributed by atoms with Crippen molar-refractivity contribution in [3.05, 3.63) is 35.9 Å². The van der Waals surface area contributed by atoms with E-state index < -0.39 is 0 Å². The maximum Gasteiger partial charge on any atom is 0.187 e. The second-order valence-corrected chi connectivity index (χ2v) is 7.59. The zero-order valence-corrected chi connectivity index (χ0v) is 15.0. The van der Waals surface area contributed by atoms with Gasteiger partial charge < -0.3 is 15.2 Å². The molecule has 5 atom stereocenters. The van der Waals surface area contributed by atoms with Crippen molar-refractivity contribution in [2.75, 3.05) is 7.11 Å². The van der Waals surface area contributed by atoms with Crippen LogP contribution in [-0.4, -0.2) is 29.6 Å². The normalized spacial score (nSPS) is 32.1. The van der Waals surface area contributed by atoms with E-state index in [2.05, 4.69) is 28.0 Å². The van der Waals surface area contributed by atoms with Crippen LogP contribution in [0.3, 0.4) is 0 Å². The highest BCUT2D eigenvalue weighted by atomic mass is 32.1. The lowest BCUT2D eigenvalue weighted by molar-refractivity contribution is 0.246. The Morgan fingerprint density at radius 1 is 1.36 bits per heavy atom. The van der Waals surface area contributed by atoms with Gasteiger partial charge in [0.15, 0.2) is 16.6 Å². The maximum atomic E-state index is 9.60. The summed E-state index contributed by atoms with van der Waals surface area (Å²) >= 11 is 5.39. The van der Waals surface area contributed by atoms with Gasteiger partial charge in [0.1, 0.15) is 0 Å². The Labute approximate surface area is 153 Å². The van der Waals surface area contributed by atoms with Crippen LogP contribution in [0.15, 0.2) is 35.5 Å². The average Bonchev–Trinajstić information content (AvgIpc) is 3.29.